The summed E-state index contributed by atoms with van der Waals surface area (Å²) >= 11 is 0. The summed E-state index contributed by atoms with van der Waals surface area (Å²) in [5.41, 5.74) is -0.0891. The van der Waals surface area contributed by atoms with Crippen LogP contribution in [0.3, 0.4) is 0 Å². The summed E-state index contributed by atoms with van der Waals surface area (Å²) in [6.07, 6.45) is 8.54. The molecule has 0 spiro atoms. The molecule has 5 aliphatic rings. The maximum Gasteiger partial charge on any atom is 0.318 e. The second-order valence-electron chi connectivity index (χ2n) is 15.8. The zero-order valence-corrected chi connectivity index (χ0v) is 32.8. The van der Waals surface area contributed by atoms with E-state index in [0.29, 0.717) is 67.1 Å². The Bertz CT molecular complexity index is 1980. The van der Waals surface area contributed by atoms with Crippen LogP contribution in [0, 0.1) is 12.8 Å². The fourth-order valence-corrected chi connectivity index (χ4v) is 9.13. The zero-order chi connectivity index (χ0) is 39.1. The lowest BCUT2D eigenvalue weighted by molar-refractivity contribution is -0.141. The van der Waals surface area contributed by atoms with Gasteiger partial charge in [0.25, 0.3) is 5.91 Å². The van der Waals surface area contributed by atoms with E-state index in [1.165, 1.54) is 4.90 Å². The summed E-state index contributed by atoms with van der Waals surface area (Å²) in [6.45, 7) is 6.92. The summed E-state index contributed by atoms with van der Waals surface area (Å²) in [4.78, 5) is 63.8. The number of aryl methyl sites for hydroxylation is 1. The first-order valence-electron chi connectivity index (χ1n) is 19.5. The Labute approximate surface area is 321 Å². The van der Waals surface area contributed by atoms with Crippen LogP contribution in [0.4, 0.5) is 4.79 Å². The molecular formula is C39H52N6O9S. The third-order valence-electron chi connectivity index (χ3n) is 11.3. The van der Waals surface area contributed by atoms with Crippen LogP contribution in [0.5, 0.6) is 17.4 Å². The van der Waals surface area contributed by atoms with E-state index in [0.717, 1.165) is 31.2 Å². The maximum atomic E-state index is 14.6. The lowest BCUT2D eigenvalue weighted by Gasteiger charge is -2.34. The topological polar surface area (TPSA) is 186 Å². The summed E-state index contributed by atoms with van der Waals surface area (Å²) in [6, 6.07) is 3.07. The van der Waals surface area contributed by atoms with Crippen LogP contribution in [0.25, 0.3) is 10.9 Å². The molecule has 2 aliphatic carbocycles. The molecule has 7 rings (SSSR count). The highest BCUT2D eigenvalue weighted by Gasteiger charge is 2.62. The molecule has 0 unspecified atom stereocenters. The number of nitrogens with zero attached hydrogens (tertiary/aromatic N) is 3. The second kappa shape index (κ2) is 15.5. The number of pyridine rings is 1. The molecule has 0 radical (unpaired) electrons. The van der Waals surface area contributed by atoms with Gasteiger partial charge in [-0.1, -0.05) is 25.0 Å². The normalized spacial score (nSPS) is 27.2. The smallest absolute Gasteiger partial charge is 0.318 e. The first-order valence-corrected chi connectivity index (χ1v) is 21.1. The lowest BCUT2D eigenvalue weighted by Crippen LogP contribution is -2.59. The van der Waals surface area contributed by atoms with Gasteiger partial charge in [-0.2, -0.15) is 0 Å². The molecule has 4 fully saturated rings. The fraction of sp³-hybridized carbons (Fsp3) is 0.615. The second-order valence-corrected chi connectivity index (χ2v) is 17.7. The van der Waals surface area contributed by atoms with Crippen molar-refractivity contribution in [3.05, 3.63) is 35.9 Å². The SMILES string of the molecule is COc1ccc2c(O[C@@H]3C[C@H]4C(=O)N[C@]5(C(=O)NS(=O)(=O)C6CC6)C[C@H]5C=CCCCCC[C@H](NC(=O)N5CCC5)C(=O)N4C3)cc(OC(C)C)nc2c1C. The lowest BCUT2D eigenvalue weighted by atomic mass is 10.0. The van der Waals surface area contributed by atoms with E-state index in [4.69, 9.17) is 19.2 Å². The molecule has 15 nitrogen and oxygen atoms in total. The van der Waals surface area contributed by atoms with Crippen molar-refractivity contribution in [2.45, 2.75) is 120 Å². The van der Waals surface area contributed by atoms with Crippen molar-refractivity contribution >= 4 is 44.7 Å². The van der Waals surface area contributed by atoms with E-state index < -0.39 is 62.6 Å². The predicted molar refractivity (Wildman–Crippen MR) is 203 cm³/mol. The maximum absolute atomic E-state index is 14.6. The van der Waals surface area contributed by atoms with Gasteiger partial charge in [-0.05, 0) is 77.8 Å². The molecule has 2 saturated carbocycles. The first-order chi connectivity index (χ1) is 26.3. The van der Waals surface area contributed by atoms with Crippen molar-refractivity contribution in [3.63, 3.8) is 0 Å². The van der Waals surface area contributed by atoms with Gasteiger partial charge in [0.1, 0.15) is 35.2 Å². The summed E-state index contributed by atoms with van der Waals surface area (Å²) in [5, 5.41) is 5.93. The van der Waals surface area contributed by atoms with Crippen molar-refractivity contribution in [3.8, 4) is 17.4 Å². The number of rotatable bonds is 9. The molecule has 298 valence electrons. The largest absolute Gasteiger partial charge is 0.496 e. The number of carbonyl (C=O) groups excluding carboxylic acids is 4. The molecule has 1 aromatic heterocycles. The number of hydrogen-bond acceptors (Lipinski definition) is 10. The number of methoxy groups -OCH3 is 1. The van der Waals surface area contributed by atoms with Crippen molar-refractivity contribution in [2.24, 2.45) is 5.92 Å². The molecule has 1 aromatic carbocycles. The summed E-state index contributed by atoms with van der Waals surface area (Å²) in [5.74, 6) is -0.777. The van der Waals surface area contributed by atoms with Gasteiger partial charge >= 0.3 is 6.03 Å². The molecule has 16 heteroatoms. The predicted octanol–water partition coefficient (Wildman–Crippen LogP) is 3.47. The number of likely N-dealkylation sites (tertiary alicyclic amines) is 1. The van der Waals surface area contributed by atoms with E-state index in [9.17, 15) is 27.6 Å². The monoisotopic (exact) mass is 780 g/mol. The van der Waals surface area contributed by atoms with Gasteiger partial charge in [0.2, 0.25) is 27.7 Å². The van der Waals surface area contributed by atoms with Crippen molar-refractivity contribution in [2.75, 3.05) is 26.7 Å². The molecule has 5 amide bonds. The van der Waals surface area contributed by atoms with Gasteiger partial charge < -0.3 is 34.6 Å². The van der Waals surface area contributed by atoms with Crippen LogP contribution in [0.2, 0.25) is 0 Å². The van der Waals surface area contributed by atoms with Crippen LogP contribution < -0.4 is 29.6 Å². The van der Waals surface area contributed by atoms with Crippen LogP contribution in [0.1, 0.15) is 83.6 Å². The number of aromatic nitrogens is 1. The summed E-state index contributed by atoms with van der Waals surface area (Å²) in [7, 11) is -2.30. The number of fused-ring (bicyclic) bond motifs is 3. The van der Waals surface area contributed by atoms with Crippen molar-refractivity contribution < 1.29 is 41.8 Å². The zero-order valence-electron chi connectivity index (χ0n) is 32.0. The van der Waals surface area contributed by atoms with Crippen molar-refractivity contribution in [1.82, 2.24) is 30.1 Å². The van der Waals surface area contributed by atoms with Crippen LogP contribution in [0.15, 0.2) is 30.4 Å². The Morgan fingerprint density at radius 2 is 1.84 bits per heavy atom. The Morgan fingerprint density at radius 1 is 1.05 bits per heavy atom. The fourth-order valence-electron chi connectivity index (χ4n) is 7.76. The quantitative estimate of drug-likeness (QED) is 0.319. The van der Waals surface area contributed by atoms with E-state index in [1.807, 2.05) is 45.1 Å². The van der Waals surface area contributed by atoms with Gasteiger partial charge in [-0.3, -0.25) is 19.1 Å². The van der Waals surface area contributed by atoms with Crippen LogP contribution in [-0.4, -0.2) is 109 Å². The number of benzene rings is 1. The van der Waals surface area contributed by atoms with E-state index in [1.54, 1.807) is 18.1 Å². The number of sulfonamides is 1. The number of amides is 5. The van der Waals surface area contributed by atoms with Gasteiger partial charge in [0.05, 0.1) is 30.5 Å². The van der Waals surface area contributed by atoms with Crippen molar-refractivity contribution in [1.29, 1.82) is 0 Å². The minimum atomic E-state index is -3.89. The number of urea groups is 1. The highest BCUT2D eigenvalue weighted by Crippen LogP contribution is 2.46. The molecule has 3 aliphatic heterocycles. The highest BCUT2D eigenvalue weighted by atomic mass is 32.2. The summed E-state index contributed by atoms with van der Waals surface area (Å²) < 4.78 is 46.2. The third kappa shape index (κ3) is 8.19. The standard InChI is InChI=1S/C39H52N6O9S/c1-23(2)53-33-20-32(28-15-16-31(52-4)24(3)34(28)41-33)54-26-19-30-35(46)42-39(37(48)43-55(50,51)27-13-14-27)21-25(39)11-8-6-5-7-9-12-29(36(47)45(30)22-26)40-38(49)44-17-10-18-44/h8,11,15-16,20,23,25-27,29-30H,5-7,9-10,12-14,17-19,21-22H2,1-4H3,(H,40,49)(H,42,46)(H,43,48)/t25-,26-,29+,30+,39-/m1/s1. The number of nitrogens with one attached hydrogen (secondary N) is 3. The van der Waals surface area contributed by atoms with Crippen LogP contribution in [-0.2, 0) is 24.4 Å². The third-order valence-corrected chi connectivity index (χ3v) is 13.1. The van der Waals surface area contributed by atoms with E-state index in [-0.39, 0.29) is 31.5 Å². The van der Waals surface area contributed by atoms with Crippen LogP contribution >= 0.6 is 0 Å². The number of carbonyl (C=O) groups is 4. The molecule has 55 heavy (non-hydrogen) atoms. The number of hydrogen-bond donors (Lipinski definition) is 3. The molecule has 3 N–H and O–H groups in total. The molecule has 2 saturated heterocycles. The van der Waals surface area contributed by atoms with E-state index in [2.05, 4.69) is 15.4 Å². The highest BCUT2D eigenvalue weighted by molar-refractivity contribution is 7.91. The molecule has 5 atom stereocenters. The minimum absolute atomic E-state index is 0.0188. The first kappa shape index (κ1) is 38.7. The number of allylic oxidation sites excluding steroid dienone is 1. The molecule has 2 aromatic rings. The Hall–Kier alpha value is -4.60. The minimum Gasteiger partial charge on any atom is -0.496 e. The van der Waals surface area contributed by atoms with Gasteiger partial charge in [-0.25, -0.2) is 18.2 Å². The van der Waals surface area contributed by atoms with E-state index >= 15 is 0 Å². The Balaban J connectivity index is 1.22. The number of ether oxygens (including phenoxy) is 3. The van der Waals surface area contributed by atoms with Gasteiger partial charge in [0.15, 0.2) is 0 Å². The molecule has 4 heterocycles. The molecular weight excluding hydrogens is 729 g/mol. The Morgan fingerprint density at radius 3 is 2.53 bits per heavy atom. The average molecular weight is 781 g/mol. The Kier molecular flexibility index (Phi) is 10.9. The average Bonchev–Trinajstić information content (AvgIpc) is 4.03. The molecule has 0 bridgehead atoms. The van der Waals surface area contributed by atoms with Gasteiger partial charge in [0, 0.05) is 42.4 Å². The van der Waals surface area contributed by atoms with Gasteiger partial charge in [-0.15, -0.1) is 0 Å².